The summed E-state index contributed by atoms with van der Waals surface area (Å²) in [6.45, 7) is 4.10. The number of amides is 1. The molecule has 0 saturated heterocycles. The van der Waals surface area contributed by atoms with Gasteiger partial charge in [-0.1, -0.05) is 40.2 Å². The summed E-state index contributed by atoms with van der Waals surface area (Å²) in [6.07, 6.45) is 0. The van der Waals surface area contributed by atoms with E-state index in [9.17, 15) is 14.0 Å². The molecule has 1 amide bonds. The van der Waals surface area contributed by atoms with E-state index in [2.05, 4.69) is 15.9 Å². The van der Waals surface area contributed by atoms with E-state index < -0.39 is 6.04 Å². The Morgan fingerprint density at radius 3 is 2.44 bits per heavy atom. The van der Waals surface area contributed by atoms with Gasteiger partial charge in [-0.15, -0.1) is 0 Å². The molecule has 1 aliphatic heterocycles. The summed E-state index contributed by atoms with van der Waals surface area (Å²) in [5, 5.41) is 0.461. The molecule has 1 unspecified atom stereocenters. The maximum Gasteiger partial charge on any atom is 0.291 e. The Morgan fingerprint density at radius 1 is 1.00 bits per heavy atom. The second kappa shape index (κ2) is 7.71. The van der Waals surface area contributed by atoms with E-state index in [1.54, 1.807) is 23.1 Å². The van der Waals surface area contributed by atoms with Crippen molar-refractivity contribution in [1.82, 2.24) is 4.90 Å². The van der Waals surface area contributed by atoms with E-state index in [1.807, 2.05) is 44.2 Å². The molecule has 32 heavy (non-hydrogen) atoms. The second-order valence-electron chi connectivity index (χ2n) is 8.12. The molecule has 3 aromatic carbocycles. The van der Waals surface area contributed by atoms with Gasteiger partial charge in [-0.3, -0.25) is 9.59 Å². The van der Waals surface area contributed by atoms with Crippen molar-refractivity contribution in [3.8, 4) is 0 Å². The van der Waals surface area contributed by atoms with Gasteiger partial charge in [0.05, 0.1) is 17.0 Å². The predicted octanol–water partition coefficient (Wildman–Crippen LogP) is 6.06. The van der Waals surface area contributed by atoms with Gasteiger partial charge in [0.2, 0.25) is 5.76 Å². The number of fused-ring (bicyclic) bond motifs is 2. The fourth-order valence-corrected chi connectivity index (χ4v) is 4.67. The van der Waals surface area contributed by atoms with Crippen molar-refractivity contribution in [2.45, 2.75) is 26.4 Å². The molecule has 1 aromatic heterocycles. The molecule has 4 aromatic rings. The van der Waals surface area contributed by atoms with Crippen molar-refractivity contribution in [3.63, 3.8) is 0 Å². The van der Waals surface area contributed by atoms with Gasteiger partial charge in [0.25, 0.3) is 5.91 Å². The van der Waals surface area contributed by atoms with E-state index in [0.29, 0.717) is 16.5 Å². The van der Waals surface area contributed by atoms with Gasteiger partial charge >= 0.3 is 0 Å². The van der Waals surface area contributed by atoms with Crippen LogP contribution in [0.2, 0.25) is 0 Å². The van der Waals surface area contributed by atoms with Crippen molar-refractivity contribution in [1.29, 1.82) is 0 Å². The SMILES string of the molecule is Cc1cc2oc3c(c(=O)c2cc1C)C(c1cccc(Br)c1)N(Cc1ccc(F)cc1)C3=O. The molecule has 0 N–H and O–H groups in total. The number of benzene rings is 3. The second-order valence-corrected chi connectivity index (χ2v) is 9.04. The normalized spacial score (nSPS) is 15.4. The zero-order valence-corrected chi connectivity index (χ0v) is 19.1. The Labute approximate surface area is 192 Å². The van der Waals surface area contributed by atoms with Crippen LogP contribution in [0.3, 0.4) is 0 Å². The third-order valence-corrected chi connectivity index (χ3v) is 6.51. The lowest BCUT2D eigenvalue weighted by Gasteiger charge is -2.25. The van der Waals surface area contributed by atoms with E-state index >= 15 is 0 Å². The summed E-state index contributed by atoms with van der Waals surface area (Å²) >= 11 is 3.49. The van der Waals surface area contributed by atoms with Crippen LogP contribution in [0.15, 0.2) is 74.3 Å². The van der Waals surface area contributed by atoms with Crippen molar-refractivity contribution in [3.05, 3.63) is 115 Å². The summed E-state index contributed by atoms with van der Waals surface area (Å²) in [5.74, 6) is -0.633. The zero-order valence-electron chi connectivity index (χ0n) is 17.5. The molecule has 5 rings (SSSR count). The van der Waals surface area contributed by atoms with Gasteiger partial charge in [-0.25, -0.2) is 4.39 Å². The van der Waals surface area contributed by atoms with Crippen molar-refractivity contribution < 1.29 is 13.6 Å². The van der Waals surface area contributed by atoms with Gasteiger partial charge in [0, 0.05) is 11.0 Å². The van der Waals surface area contributed by atoms with Crippen molar-refractivity contribution >= 4 is 32.8 Å². The molecule has 0 aliphatic carbocycles. The minimum Gasteiger partial charge on any atom is -0.450 e. The lowest BCUT2D eigenvalue weighted by atomic mass is 9.97. The first-order chi connectivity index (χ1) is 15.3. The monoisotopic (exact) mass is 491 g/mol. The molecule has 0 fully saturated rings. The van der Waals surface area contributed by atoms with Crippen LogP contribution >= 0.6 is 15.9 Å². The molecule has 4 nitrogen and oxygen atoms in total. The fraction of sp³-hybridized carbons (Fsp3) is 0.154. The van der Waals surface area contributed by atoms with Gasteiger partial charge in [-0.2, -0.15) is 0 Å². The minimum atomic E-state index is -0.609. The molecule has 6 heteroatoms. The van der Waals surface area contributed by atoms with Crippen LogP contribution in [0, 0.1) is 19.7 Å². The average molecular weight is 492 g/mol. The highest BCUT2D eigenvalue weighted by Crippen LogP contribution is 2.40. The fourth-order valence-electron chi connectivity index (χ4n) is 4.25. The summed E-state index contributed by atoms with van der Waals surface area (Å²) < 4.78 is 20.3. The van der Waals surface area contributed by atoms with Gasteiger partial charge < -0.3 is 9.32 Å². The Bertz CT molecular complexity index is 1440. The number of halogens is 2. The number of hydrogen-bond donors (Lipinski definition) is 0. The molecule has 0 saturated carbocycles. The molecule has 2 heterocycles. The van der Waals surface area contributed by atoms with Gasteiger partial charge in [-0.05, 0) is 72.5 Å². The van der Waals surface area contributed by atoms with E-state index in [4.69, 9.17) is 4.42 Å². The van der Waals surface area contributed by atoms with Crippen LogP contribution in [0.1, 0.15) is 44.4 Å². The quantitative estimate of drug-likeness (QED) is 0.350. The van der Waals surface area contributed by atoms with E-state index in [0.717, 1.165) is 26.7 Å². The zero-order chi connectivity index (χ0) is 22.6. The Morgan fingerprint density at radius 2 is 1.72 bits per heavy atom. The van der Waals surface area contributed by atoms with E-state index in [1.165, 1.54) is 12.1 Å². The summed E-state index contributed by atoms with van der Waals surface area (Å²) in [4.78, 5) is 28.7. The topological polar surface area (TPSA) is 50.5 Å². The van der Waals surface area contributed by atoms with E-state index in [-0.39, 0.29) is 29.5 Å². The van der Waals surface area contributed by atoms with Crippen molar-refractivity contribution in [2.75, 3.05) is 0 Å². The number of carbonyl (C=O) groups is 1. The lowest BCUT2D eigenvalue weighted by Crippen LogP contribution is -2.29. The first kappa shape index (κ1) is 20.6. The van der Waals surface area contributed by atoms with Crippen LogP contribution in [-0.2, 0) is 6.54 Å². The third-order valence-electron chi connectivity index (χ3n) is 6.01. The lowest BCUT2D eigenvalue weighted by molar-refractivity contribution is 0.0714. The maximum atomic E-state index is 13.6. The van der Waals surface area contributed by atoms with Crippen LogP contribution in [-0.4, -0.2) is 10.8 Å². The molecular formula is C26H19BrFNO3. The first-order valence-electron chi connectivity index (χ1n) is 10.2. The van der Waals surface area contributed by atoms with Gasteiger partial charge in [0.15, 0.2) is 5.43 Å². The standard InChI is InChI=1S/C26H19BrFNO3/c1-14-10-20-21(11-15(14)2)32-25-22(24(20)30)23(17-4-3-5-18(27)12-17)29(26(25)31)13-16-6-8-19(28)9-7-16/h3-12,23H,13H2,1-2H3. The highest BCUT2D eigenvalue weighted by atomic mass is 79.9. The molecule has 0 spiro atoms. The molecule has 160 valence electrons. The minimum absolute atomic E-state index is 0.0674. The largest absolute Gasteiger partial charge is 0.450 e. The van der Waals surface area contributed by atoms with Gasteiger partial charge in [0.1, 0.15) is 11.4 Å². The summed E-state index contributed by atoms with van der Waals surface area (Å²) in [7, 11) is 0. The number of aryl methyl sites for hydroxylation is 2. The Hall–Kier alpha value is -3.25. The van der Waals surface area contributed by atoms with Crippen LogP contribution in [0.4, 0.5) is 4.39 Å². The first-order valence-corrected chi connectivity index (χ1v) is 11.0. The van der Waals surface area contributed by atoms with Crippen LogP contribution in [0.25, 0.3) is 11.0 Å². The molecule has 1 atom stereocenters. The maximum absolute atomic E-state index is 13.6. The summed E-state index contributed by atoms with van der Waals surface area (Å²) in [5.41, 5.74) is 4.06. The predicted molar refractivity (Wildman–Crippen MR) is 124 cm³/mol. The third kappa shape index (κ3) is 3.35. The Balaban J connectivity index is 1.74. The Kier molecular flexibility index (Phi) is 4.97. The number of rotatable bonds is 3. The number of hydrogen-bond acceptors (Lipinski definition) is 3. The highest BCUT2D eigenvalue weighted by Gasteiger charge is 2.42. The smallest absolute Gasteiger partial charge is 0.291 e. The number of carbonyl (C=O) groups excluding carboxylic acids is 1. The van der Waals surface area contributed by atoms with Crippen LogP contribution < -0.4 is 5.43 Å². The van der Waals surface area contributed by atoms with Crippen LogP contribution in [0.5, 0.6) is 0 Å². The molecular weight excluding hydrogens is 473 g/mol. The molecule has 0 bridgehead atoms. The summed E-state index contributed by atoms with van der Waals surface area (Å²) in [6, 6.07) is 16.6. The van der Waals surface area contributed by atoms with Crippen molar-refractivity contribution in [2.24, 2.45) is 0 Å². The average Bonchev–Trinajstić information content (AvgIpc) is 3.03. The highest BCUT2D eigenvalue weighted by molar-refractivity contribution is 9.10. The molecule has 1 aliphatic rings. The number of nitrogens with zero attached hydrogens (tertiary/aromatic N) is 1. The molecule has 0 radical (unpaired) electrons.